The molecule has 3 N–H and O–H groups in total. The Labute approximate surface area is 130 Å². The van der Waals surface area contributed by atoms with Crippen molar-refractivity contribution in [2.24, 2.45) is 0 Å². The molecule has 0 fully saturated rings. The highest BCUT2D eigenvalue weighted by Crippen LogP contribution is 2.25. The number of halogens is 1. The fourth-order valence-corrected chi connectivity index (χ4v) is 2.49. The first-order chi connectivity index (χ1) is 9.92. The van der Waals surface area contributed by atoms with Crippen LogP contribution < -0.4 is 5.32 Å². The molecule has 1 heterocycles. The number of anilines is 1. The number of H-pyrrole nitrogens is 1. The minimum absolute atomic E-state index is 0.0574. The van der Waals surface area contributed by atoms with Crippen LogP contribution in [0, 0.1) is 6.92 Å². The van der Waals surface area contributed by atoms with Crippen LogP contribution in [-0.4, -0.2) is 28.2 Å². The average molecular weight is 325 g/mol. The van der Waals surface area contributed by atoms with Gasteiger partial charge in [-0.1, -0.05) is 11.6 Å². The van der Waals surface area contributed by atoms with Crippen LogP contribution in [0.3, 0.4) is 0 Å². The maximum absolute atomic E-state index is 12.3. The van der Waals surface area contributed by atoms with E-state index in [1.807, 2.05) is 12.3 Å². The van der Waals surface area contributed by atoms with E-state index in [9.17, 15) is 9.59 Å². The summed E-state index contributed by atoms with van der Waals surface area (Å²) in [5, 5.41) is 12.0. The second-order valence-electron chi connectivity index (χ2n) is 4.35. The molecule has 0 saturated carbocycles. The number of hydrogen-bond acceptors (Lipinski definition) is 3. The zero-order chi connectivity index (χ0) is 15.6. The predicted octanol–water partition coefficient (Wildman–Crippen LogP) is 3.65. The SMILES string of the molecule is CSc1ccc(Cl)c(C(=O)Nc2cc(C)[nH]c2C(=O)O)c1. The molecule has 2 aromatic rings. The Bertz CT molecular complexity index is 712. The summed E-state index contributed by atoms with van der Waals surface area (Å²) in [6, 6.07) is 6.69. The van der Waals surface area contributed by atoms with Crippen LogP contribution in [0.1, 0.15) is 26.5 Å². The summed E-state index contributed by atoms with van der Waals surface area (Å²) in [4.78, 5) is 27.0. The van der Waals surface area contributed by atoms with Crippen molar-refractivity contribution < 1.29 is 14.7 Å². The third kappa shape index (κ3) is 3.40. The van der Waals surface area contributed by atoms with Crippen LogP contribution in [0.2, 0.25) is 5.02 Å². The predicted molar refractivity (Wildman–Crippen MR) is 83.7 cm³/mol. The molecule has 110 valence electrons. The Morgan fingerprint density at radius 2 is 2.05 bits per heavy atom. The topological polar surface area (TPSA) is 82.2 Å². The van der Waals surface area contributed by atoms with E-state index in [4.69, 9.17) is 16.7 Å². The fraction of sp³-hybridized carbons (Fsp3) is 0.143. The van der Waals surface area contributed by atoms with Crippen LogP contribution in [0.15, 0.2) is 29.2 Å². The average Bonchev–Trinajstić information content (AvgIpc) is 2.80. The molecule has 5 nitrogen and oxygen atoms in total. The molecule has 21 heavy (non-hydrogen) atoms. The number of carboxylic acid groups (broad SMARTS) is 1. The van der Waals surface area contributed by atoms with E-state index in [0.29, 0.717) is 16.3 Å². The zero-order valence-electron chi connectivity index (χ0n) is 11.4. The maximum atomic E-state index is 12.3. The Hall–Kier alpha value is -1.92. The highest BCUT2D eigenvalue weighted by atomic mass is 35.5. The molecule has 0 aliphatic rings. The quantitative estimate of drug-likeness (QED) is 0.750. The minimum Gasteiger partial charge on any atom is -0.477 e. The molecule has 0 atom stereocenters. The largest absolute Gasteiger partial charge is 0.477 e. The number of aromatic amines is 1. The standard InChI is InChI=1S/C14H13ClN2O3S/c1-7-5-11(12(16-7)14(19)20)17-13(18)9-6-8(21-2)3-4-10(9)15/h3-6,16H,1-2H3,(H,17,18)(H,19,20). The van der Waals surface area contributed by atoms with Crippen LogP contribution in [0.4, 0.5) is 5.69 Å². The fourth-order valence-electron chi connectivity index (χ4n) is 1.85. The van der Waals surface area contributed by atoms with Crippen molar-refractivity contribution in [2.75, 3.05) is 11.6 Å². The molecule has 1 aromatic carbocycles. The molecule has 0 aliphatic carbocycles. The van der Waals surface area contributed by atoms with E-state index >= 15 is 0 Å². The smallest absolute Gasteiger partial charge is 0.354 e. The molecule has 1 amide bonds. The van der Waals surface area contributed by atoms with Crippen molar-refractivity contribution in [1.82, 2.24) is 4.98 Å². The molecule has 0 saturated heterocycles. The Kier molecular flexibility index (Phi) is 4.59. The summed E-state index contributed by atoms with van der Waals surface area (Å²) in [5.74, 6) is -1.58. The monoisotopic (exact) mass is 324 g/mol. The van der Waals surface area contributed by atoms with Gasteiger partial charge in [-0.05, 0) is 37.4 Å². The van der Waals surface area contributed by atoms with Gasteiger partial charge in [-0.25, -0.2) is 4.79 Å². The first kappa shape index (κ1) is 15.5. The summed E-state index contributed by atoms with van der Waals surface area (Å²) in [6.07, 6.45) is 1.89. The summed E-state index contributed by atoms with van der Waals surface area (Å²) in [6.45, 7) is 1.71. The highest BCUT2D eigenvalue weighted by Gasteiger charge is 2.18. The number of carbonyl (C=O) groups excluding carboxylic acids is 1. The van der Waals surface area contributed by atoms with Crippen LogP contribution in [0.5, 0.6) is 0 Å². The first-order valence-electron chi connectivity index (χ1n) is 6.00. The van der Waals surface area contributed by atoms with Gasteiger partial charge in [0, 0.05) is 10.6 Å². The van der Waals surface area contributed by atoms with Gasteiger partial charge in [0.05, 0.1) is 16.3 Å². The van der Waals surface area contributed by atoms with Gasteiger partial charge in [0.2, 0.25) is 0 Å². The first-order valence-corrected chi connectivity index (χ1v) is 7.60. The number of rotatable bonds is 4. The van der Waals surface area contributed by atoms with Gasteiger partial charge in [-0.15, -0.1) is 11.8 Å². The molecular weight excluding hydrogens is 312 g/mol. The van der Waals surface area contributed by atoms with Gasteiger partial charge in [-0.3, -0.25) is 4.79 Å². The molecule has 0 radical (unpaired) electrons. The number of aryl methyl sites for hydroxylation is 1. The number of carbonyl (C=O) groups is 2. The number of carboxylic acids is 1. The lowest BCUT2D eigenvalue weighted by Gasteiger charge is -2.07. The van der Waals surface area contributed by atoms with Crippen LogP contribution in [-0.2, 0) is 0 Å². The molecule has 1 aromatic heterocycles. The molecule has 0 bridgehead atoms. The molecule has 0 spiro atoms. The number of aromatic carboxylic acids is 1. The molecule has 0 aliphatic heterocycles. The summed E-state index contributed by atoms with van der Waals surface area (Å²) in [5.41, 5.74) is 1.11. The van der Waals surface area contributed by atoms with Crippen LogP contribution >= 0.6 is 23.4 Å². The molecule has 7 heteroatoms. The van der Waals surface area contributed by atoms with Crippen molar-refractivity contribution in [3.05, 3.63) is 46.2 Å². The molecule has 2 rings (SSSR count). The summed E-state index contributed by atoms with van der Waals surface area (Å²) < 4.78 is 0. The summed E-state index contributed by atoms with van der Waals surface area (Å²) >= 11 is 7.52. The van der Waals surface area contributed by atoms with Crippen molar-refractivity contribution >= 4 is 40.9 Å². The zero-order valence-corrected chi connectivity index (χ0v) is 12.9. The van der Waals surface area contributed by atoms with E-state index in [0.717, 1.165) is 4.90 Å². The normalized spacial score (nSPS) is 10.4. The number of aromatic nitrogens is 1. The third-order valence-corrected chi connectivity index (χ3v) is 3.89. The minimum atomic E-state index is -1.14. The van der Waals surface area contributed by atoms with Gasteiger partial charge in [0.25, 0.3) is 5.91 Å². The van der Waals surface area contributed by atoms with Crippen molar-refractivity contribution in [3.63, 3.8) is 0 Å². The van der Waals surface area contributed by atoms with Gasteiger partial charge >= 0.3 is 5.97 Å². The van der Waals surface area contributed by atoms with Gasteiger partial charge in [0.15, 0.2) is 0 Å². The molecule has 0 unspecified atom stereocenters. The van der Waals surface area contributed by atoms with Crippen molar-refractivity contribution in [1.29, 1.82) is 0 Å². The molecular formula is C14H13ClN2O3S. The Morgan fingerprint density at radius 3 is 2.67 bits per heavy atom. The second-order valence-corrected chi connectivity index (χ2v) is 5.63. The number of hydrogen-bond donors (Lipinski definition) is 3. The lowest BCUT2D eigenvalue weighted by atomic mass is 10.2. The van der Waals surface area contributed by atoms with E-state index in [-0.39, 0.29) is 11.4 Å². The third-order valence-electron chi connectivity index (χ3n) is 2.83. The Balaban J connectivity index is 2.32. The maximum Gasteiger partial charge on any atom is 0.354 e. The van der Waals surface area contributed by atoms with Crippen molar-refractivity contribution in [2.45, 2.75) is 11.8 Å². The van der Waals surface area contributed by atoms with Gasteiger partial charge < -0.3 is 15.4 Å². The van der Waals surface area contributed by atoms with E-state index in [2.05, 4.69) is 10.3 Å². The number of amides is 1. The van der Waals surface area contributed by atoms with Gasteiger partial charge in [-0.2, -0.15) is 0 Å². The summed E-state index contributed by atoms with van der Waals surface area (Å²) in [7, 11) is 0. The van der Waals surface area contributed by atoms with E-state index in [1.165, 1.54) is 11.8 Å². The lowest BCUT2D eigenvalue weighted by Crippen LogP contribution is -2.14. The lowest BCUT2D eigenvalue weighted by molar-refractivity contribution is 0.0692. The Morgan fingerprint density at radius 1 is 1.33 bits per heavy atom. The number of thioether (sulfide) groups is 1. The number of benzene rings is 1. The number of nitrogens with one attached hydrogen (secondary N) is 2. The van der Waals surface area contributed by atoms with Crippen LogP contribution in [0.25, 0.3) is 0 Å². The highest BCUT2D eigenvalue weighted by molar-refractivity contribution is 7.98. The van der Waals surface area contributed by atoms with Crippen molar-refractivity contribution in [3.8, 4) is 0 Å². The van der Waals surface area contributed by atoms with E-state index < -0.39 is 11.9 Å². The van der Waals surface area contributed by atoms with Gasteiger partial charge in [0.1, 0.15) is 5.69 Å². The second kappa shape index (κ2) is 6.24. The van der Waals surface area contributed by atoms with E-state index in [1.54, 1.807) is 25.1 Å².